The number of alkyl halides is 3. The first kappa shape index (κ1) is 14.7. The van der Waals surface area contributed by atoms with Gasteiger partial charge in [-0.25, -0.2) is 5.84 Å². The molecule has 0 saturated carbocycles. The molecule has 0 heterocycles. The molecule has 0 aromatic heterocycles. The van der Waals surface area contributed by atoms with Crippen LogP contribution >= 0.6 is 12.2 Å². The average Bonchev–Trinajstić information content (AvgIpc) is 2.28. The second-order valence-corrected chi connectivity index (χ2v) is 3.81. The Kier molecular flexibility index (Phi) is 4.88. The molecule has 0 aliphatic rings. The zero-order valence-corrected chi connectivity index (χ0v) is 10.1. The summed E-state index contributed by atoms with van der Waals surface area (Å²) in [6, 6.07) is 4.39. The largest absolute Gasteiger partial charge is 0.416 e. The van der Waals surface area contributed by atoms with Gasteiger partial charge in [-0.3, -0.25) is 5.01 Å². The molecular formula is C10H12F3N3OS. The minimum Gasteiger partial charge on any atom is -0.394 e. The number of halogens is 3. The molecule has 18 heavy (non-hydrogen) atoms. The van der Waals surface area contributed by atoms with Gasteiger partial charge in [0.2, 0.25) is 0 Å². The number of hydrogen-bond acceptors (Lipinski definition) is 3. The molecule has 0 radical (unpaired) electrons. The molecule has 0 aliphatic heterocycles. The van der Waals surface area contributed by atoms with Crippen LogP contribution in [0.4, 0.5) is 18.9 Å². The molecule has 0 saturated heterocycles. The van der Waals surface area contributed by atoms with E-state index in [-0.39, 0.29) is 18.3 Å². The quantitative estimate of drug-likeness (QED) is 0.445. The van der Waals surface area contributed by atoms with Crippen molar-refractivity contribution in [2.75, 3.05) is 18.5 Å². The Morgan fingerprint density at radius 3 is 2.33 bits per heavy atom. The molecule has 0 spiro atoms. The van der Waals surface area contributed by atoms with E-state index >= 15 is 0 Å². The first-order valence-corrected chi connectivity index (χ1v) is 5.36. The zero-order chi connectivity index (χ0) is 13.8. The van der Waals surface area contributed by atoms with Gasteiger partial charge in [-0.1, -0.05) is 0 Å². The highest BCUT2D eigenvalue weighted by Gasteiger charge is 2.29. The molecule has 0 amide bonds. The van der Waals surface area contributed by atoms with Gasteiger partial charge in [0, 0.05) is 5.69 Å². The Morgan fingerprint density at radius 1 is 1.33 bits per heavy atom. The smallest absolute Gasteiger partial charge is 0.394 e. The highest BCUT2D eigenvalue weighted by molar-refractivity contribution is 7.80. The third kappa shape index (κ3) is 4.13. The van der Waals surface area contributed by atoms with Crippen LogP contribution < -0.4 is 11.2 Å². The van der Waals surface area contributed by atoms with E-state index in [2.05, 4.69) is 5.32 Å². The zero-order valence-electron chi connectivity index (χ0n) is 9.24. The summed E-state index contributed by atoms with van der Waals surface area (Å²) in [5.74, 6) is 5.46. The molecule has 8 heteroatoms. The maximum Gasteiger partial charge on any atom is 0.416 e. The molecule has 100 valence electrons. The van der Waals surface area contributed by atoms with Gasteiger partial charge >= 0.3 is 6.18 Å². The number of nitrogens with one attached hydrogen (secondary N) is 1. The first-order valence-electron chi connectivity index (χ1n) is 4.96. The molecule has 0 atom stereocenters. The SMILES string of the molecule is NN(CCO)C(=S)Nc1ccc(C(F)(F)F)cc1. The van der Waals surface area contributed by atoms with E-state index in [4.69, 9.17) is 23.2 Å². The number of aliphatic hydroxyl groups is 1. The lowest BCUT2D eigenvalue weighted by Crippen LogP contribution is -2.42. The number of aliphatic hydroxyl groups excluding tert-OH is 1. The summed E-state index contributed by atoms with van der Waals surface area (Å²) in [5.41, 5.74) is -0.347. The summed E-state index contributed by atoms with van der Waals surface area (Å²) in [5, 5.41) is 12.5. The van der Waals surface area contributed by atoms with Crippen molar-refractivity contribution in [3.05, 3.63) is 29.8 Å². The second kappa shape index (κ2) is 5.98. The predicted molar refractivity (Wildman–Crippen MR) is 65.6 cm³/mol. The van der Waals surface area contributed by atoms with E-state index in [1.54, 1.807) is 0 Å². The lowest BCUT2D eigenvalue weighted by atomic mass is 10.2. The summed E-state index contributed by atoms with van der Waals surface area (Å²) in [6.45, 7) is -0.0438. The van der Waals surface area contributed by atoms with E-state index in [1.165, 1.54) is 12.1 Å². The minimum absolute atomic E-state index is 0.115. The molecule has 1 rings (SSSR count). The number of hydrogen-bond donors (Lipinski definition) is 3. The fourth-order valence-electron chi connectivity index (χ4n) is 1.15. The van der Waals surface area contributed by atoms with Crippen molar-refractivity contribution in [1.82, 2.24) is 5.01 Å². The van der Waals surface area contributed by atoms with Gasteiger partial charge in [-0.05, 0) is 36.5 Å². The van der Waals surface area contributed by atoms with Gasteiger partial charge in [-0.15, -0.1) is 0 Å². The van der Waals surface area contributed by atoms with Crippen LogP contribution in [0.2, 0.25) is 0 Å². The van der Waals surface area contributed by atoms with Crippen LogP contribution in [0.3, 0.4) is 0 Å². The number of benzene rings is 1. The van der Waals surface area contributed by atoms with Crippen LogP contribution in [-0.4, -0.2) is 28.4 Å². The highest BCUT2D eigenvalue weighted by atomic mass is 32.1. The number of anilines is 1. The van der Waals surface area contributed by atoms with Crippen LogP contribution in [0.25, 0.3) is 0 Å². The van der Waals surface area contributed by atoms with Crippen LogP contribution in [0.15, 0.2) is 24.3 Å². The second-order valence-electron chi connectivity index (χ2n) is 3.42. The van der Waals surface area contributed by atoms with Crippen molar-refractivity contribution in [3.63, 3.8) is 0 Å². The molecule has 0 fully saturated rings. The van der Waals surface area contributed by atoms with Crippen molar-refractivity contribution < 1.29 is 18.3 Å². The Hall–Kier alpha value is -1.38. The van der Waals surface area contributed by atoms with Crippen molar-refractivity contribution in [3.8, 4) is 0 Å². The van der Waals surface area contributed by atoms with E-state index in [0.29, 0.717) is 5.69 Å². The standard InChI is InChI=1S/C10H12F3N3OS/c11-10(12,13)7-1-3-8(4-2-7)15-9(18)16(14)5-6-17/h1-4,17H,5-6,14H2,(H,15,18). The molecule has 1 aromatic carbocycles. The summed E-state index contributed by atoms with van der Waals surface area (Å²) < 4.78 is 36.9. The van der Waals surface area contributed by atoms with Crippen molar-refractivity contribution in [2.45, 2.75) is 6.18 Å². The van der Waals surface area contributed by atoms with Crippen molar-refractivity contribution in [1.29, 1.82) is 0 Å². The topological polar surface area (TPSA) is 61.5 Å². The summed E-state index contributed by atoms with van der Waals surface area (Å²) in [7, 11) is 0. The van der Waals surface area contributed by atoms with Gasteiger partial charge in [0.1, 0.15) is 0 Å². The molecule has 1 aromatic rings. The van der Waals surface area contributed by atoms with Crippen molar-refractivity contribution >= 4 is 23.0 Å². The number of thiocarbonyl (C=S) groups is 1. The Bertz CT molecular complexity index is 408. The normalized spacial score (nSPS) is 11.2. The van der Waals surface area contributed by atoms with E-state index in [9.17, 15) is 13.2 Å². The summed E-state index contributed by atoms with van der Waals surface area (Å²) >= 11 is 4.89. The highest BCUT2D eigenvalue weighted by Crippen LogP contribution is 2.29. The number of rotatable bonds is 3. The van der Waals surface area contributed by atoms with Crippen LogP contribution in [-0.2, 0) is 6.18 Å². The lowest BCUT2D eigenvalue weighted by molar-refractivity contribution is -0.137. The Balaban J connectivity index is 2.67. The fraction of sp³-hybridized carbons (Fsp3) is 0.300. The maximum absolute atomic E-state index is 12.3. The van der Waals surface area contributed by atoms with Gasteiger partial charge < -0.3 is 10.4 Å². The number of hydrazine groups is 1. The van der Waals surface area contributed by atoms with Crippen LogP contribution in [0.5, 0.6) is 0 Å². The van der Waals surface area contributed by atoms with Crippen LogP contribution in [0.1, 0.15) is 5.56 Å². The number of nitrogens with zero attached hydrogens (tertiary/aromatic N) is 1. The fourth-order valence-corrected chi connectivity index (χ4v) is 1.36. The van der Waals surface area contributed by atoms with Crippen molar-refractivity contribution in [2.24, 2.45) is 5.84 Å². The third-order valence-corrected chi connectivity index (χ3v) is 2.40. The molecule has 0 unspecified atom stereocenters. The molecular weight excluding hydrogens is 267 g/mol. The minimum atomic E-state index is -4.37. The van der Waals surface area contributed by atoms with Gasteiger partial charge in [0.15, 0.2) is 5.11 Å². The Labute approximate surface area is 107 Å². The molecule has 0 bridgehead atoms. The predicted octanol–water partition coefficient (Wildman–Crippen LogP) is 1.57. The summed E-state index contributed by atoms with van der Waals surface area (Å²) in [4.78, 5) is 0. The maximum atomic E-state index is 12.3. The van der Waals surface area contributed by atoms with Gasteiger partial charge in [0.05, 0.1) is 18.7 Å². The van der Waals surface area contributed by atoms with E-state index in [0.717, 1.165) is 17.1 Å². The summed E-state index contributed by atoms with van der Waals surface area (Å²) in [6.07, 6.45) is -4.37. The monoisotopic (exact) mass is 279 g/mol. The third-order valence-electron chi connectivity index (χ3n) is 2.07. The molecule has 0 aliphatic carbocycles. The van der Waals surface area contributed by atoms with Gasteiger partial charge in [-0.2, -0.15) is 13.2 Å². The van der Waals surface area contributed by atoms with E-state index < -0.39 is 11.7 Å². The Morgan fingerprint density at radius 2 is 1.89 bits per heavy atom. The van der Waals surface area contributed by atoms with Gasteiger partial charge in [0.25, 0.3) is 0 Å². The first-order chi connectivity index (χ1) is 8.34. The lowest BCUT2D eigenvalue weighted by Gasteiger charge is -2.19. The van der Waals surface area contributed by atoms with Crippen LogP contribution in [0, 0.1) is 0 Å². The molecule has 4 nitrogen and oxygen atoms in total. The van der Waals surface area contributed by atoms with E-state index in [1.807, 2.05) is 0 Å². The average molecular weight is 279 g/mol. The number of nitrogens with two attached hydrogens (primary N) is 1. The molecule has 4 N–H and O–H groups in total.